The molecule has 0 radical (unpaired) electrons. The summed E-state index contributed by atoms with van der Waals surface area (Å²) in [7, 11) is 3.24. The molecule has 7 heteroatoms. The molecule has 2 rings (SSSR count). The SMILES string of the molecule is CN(C)C(=O)COc1ccc(NC(=O)c2cc(F)ccc2F)cc1. The highest BCUT2D eigenvalue weighted by molar-refractivity contribution is 6.04. The van der Waals surface area contributed by atoms with Crippen molar-refractivity contribution >= 4 is 17.5 Å². The lowest BCUT2D eigenvalue weighted by atomic mass is 10.2. The Morgan fingerprint density at radius 3 is 2.38 bits per heavy atom. The first-order valence-corrected chi connectivity index (χ1v) is 7.06. The van der Waals surface area contributed by atoms with Crippen molar-refractivity contribution in [1.82, 2.24) is 4.90 Å². The van der Waals surface area contributed by atoms with Gasteiger partial charge in [0.05, 0.1) is 5.56 Å². The summed E-state index contributed by atoms with van der Waals surface area (Å²) in [5, 5.41) is 2.46. The molecule has 2 amide bonds. The van der Waals surface area contributed by atoms with E-state index < -0.39 is 17.5 Å². The highest BCUT2D eigenvalue weighted by Gasteiger charge is 2.13. The number of hydrogen-bond donors (Lipinski definition) is 1. The van der Waals surface area contributed by atoms with E-state index in [0.717, 1.165) is 18.2 Å². The molecule has 0 unspecified atom stereocenters. The number of carbonyl (C=O) groups is 2. The fourth-order valence-corrected chi connectivity index (χ4v) is 1.78. The number of nitrogens with one attached hydrogen (secondary N) is 1. The molecule has 1 N–H and O–H groups in total. The van der Waals surface area contributed by atoms with Crippen molar-refractivity contribution < 1.29 is 23.1 Å². The minimum atomic E-state index is -0.809. The molecule has 0 aliphatic carbocycles. The lowest BCUT2D eigenvalue weighted by Gasteiger charge is -2.12. The third-order valence-electron chi connectivity index (χ3n) is 3.15. The Labute approximate surface area is 137 Å². The standard InChI is InChI=1S/C17H16F2N2O3/c1-21(2)16(22)10-24-13-6-4-12(5-7-13)20-17(23)14-9-11(18)3-8-15(14)19/h3-9H,10H2,1-2H3,(H,20,23). The molecular formula is C17H16F2N2O3. The van der Waals surface area contributed by atoms with Gasteiger partial charge in [0.1, 0.15) is 17.4 Å². The van der Waals surface area contributed by atoms with Crippen LogP contribution < -0.4 is 10.1 Å². The van der Waals surface area contributed by atoms with Crippen LogP contribution in [0.5, 0.6) is 5.75 Å². The number of anilines is 1. The Balaban J connectivity index is 1.99. The van der Waals surface area contributed by atoms with Crippen LogP contribution in [-0.2, 0) is 4.79 Å². The van der Waals surface area contributed by atoms with Crippen LogP contribution in [0.4, 0.5) is 14.5 Å². The van der Waals surface area contributed by atoms with Crippen LogP contribution in [0.2, 0.25) is 0 Å². The van der Waals surface area contributed by atoms with Gasteiger partial charge in [0, 0.05) is 19.8 Å². The van der Waals surface area contributed by atoms with Gasteiger partial charge in [0.25, 0.3) is 11.8 Å². The molecule has 0 saturated carbocycles. The number of halogens is 2. The van der Waals surface area contributed by atoms with Gasteiger partial charge in [0.2, 0.25) is 0 Å². The van der Waals surface area contributed by atoms with Crippen LogP contribution in [0, 0.1) is 11.6 Å². The van der Waals surface area contributed by atoms with E-state index in [0.29, 0.717) is 11.4 Å². The van der Waals surface area contributed by atoms with Crippen molar-refractivity contribution in [3.8, 4) is 5.75 Å². The Bertz CT molecular complexity index is 746. The van der Waals surface area contributed by atoms with Crippen LogP contribution in [-0.4, -0.2) is 37.4 Å². The summed E-state index contributed by atoms with van der Waals surface area (Å²) in [4.78, 5) is 24.8. The monoisotopic (exact) mass is 334 g/mol. The van der Waals surface area contributed by atoms with E-state index in [1.165, 1.54) is 17.0 Å². The van der Waals surface area contributed by atoms with Gasteiger partial charge >= 0.3 is 0 Å². The smallest absolute Gasteiger partial charge is 0.259 e. The molecule has 5 nitrogen and oxygen atoms in total. The molecule has 0 atom stereocenters. The van der Waals surface area contributed by atoms with Crippen LogP contribution in [0.15, 0.2) is 42.5 Å². The summed E-state index contributed by atoms with van der Waals surface area (Å²) < 4.78 is 32.0. The molecule has 2 aromatic carbocycles. The minimum absolute atomic E-state index is 0.104. The van der Waals surface area contributed by atoms with Crippen molar-refractivity contribution in [2.45, 2.75) is 0 Å². The van der Waals surface area contributed by atoms with E-state index in [2.05, 4.69) is 5.32 Å². The van der Waals surface area contributed by atoms with E-state index in [-0.39, 0.29) is 18.1 Å². The predicted octanol–water partition coefficient (Wildman–Crippen LogP) is 2.68. The lowest BCUT2D eigenvalue weighted by molar-refractivity contribution is -0.130. The second-order valence-corrected chi connectivity index (χ2v) is 5.18. The molecule has 24 heavy (non-hydrogen) atoms. The second kappa shape index (κ2) is 7.54. The van der Waals surface area contributed by atoms with Crippen molar-refractivity contribution in [3.05, 3.63) is 59.7 Å². The first-order chi connectivity index (χ1) is 11.4. The zero-order chi connectivity index (χ0) is 17.7. The Morgan fingerprint density at radius 1 is 1.08 bits per heavy atom. The minimum Gasteiger partial charge on any atom is -0.484 e. The number of amides is 2. The molecule has 0 fully saturated rings. The normalized spacial score (nSPS) is 10.2. The lowest BCUT2D eigenvalue weighted by Crippen LogP contribution is -2.27. The first kappa shape index (κ1) is 17.4. The van der Waals surface area contributed by atoms with E-state index in [1.807, 2.05) is 0 Å². The largest absolute Gasteiger partial charge is 0.484 e. The maximum atomic E-state index is 13.5. The molecule has 0 bridgehead atoms. The van der Waals surface area contributed by atoms with Crippen LogP contribution >= 0.6 is 0 Å². The predicted molar refractivity (Wildman–Crippen MR) is 84.9 cm³/mol. The second-order valence-electron chi connectivity index (χ2n) is 5.18. The number of ether oxygens (including phenoxy) is 1. The van der Waals surface area contributed by atoms with Crippen molar-refractivity contribution in [2.24, 2.45) is 0 Å². The molecule has 0 spiro atoms. The topological polar surface area (TPSA) is 58.6 Å². The molecular weight excluding hydrogens is 318 g/mol. The van der Waals surface area contributed by atoms with Crippen LogP contribution in [0.3, 0.4) is 0 Å². The number of nitrogens with zero attached hydrogens (tertiary/aromatic N) is 1. The zero-order valence-electron chi connectivity index (χ0n) is 13.2. The van der Waals surface area contributed by atoms with Gasteiger partial charge in [-0.1, -0.05) is 0 Å². The molecule has 126 valence electrons. The van der Waals surface area contributed by atoms with Crippen molar-refractivity contribution in [1.29, 1.82) is 0 Å². The Kier molecular flexibility index (Phi) is 5.47. The molecule has 0 heterocycles. The van der Waals surface area contributed by atoms with Gasteiger partial charge in [-0.15, -0.1) is 0 Å². The fraction of sp³-hybridized carbons (Fsp3) is 0.176. The summed E-state index contributed by atoms with van der Waals surface area (Å²) in [6.45, 7) is -0.104. The summed E-state index contributed by atoms with van der Waals surface area (Å²) >= 11 is 0. The third kappa shape index (κ3) is 4.52. The Hall–Kier alpha value is -2.96. The van der Waals surface area contributed by atoms with Gasteiger partial charge in [-0.05, 0) is 42.5 Å². The molecule has 0 aliphatic rings. The number of hydrogen-bond acceptors (Lipinski definition) is 3. The zero-order valence-corrected chi connectivity index (χ0v) is 13.2. The highest BCUT2D eigenvalue weighted by atomic mass is 19.1. The third-order valence-corrected chi connectivity index (χ3v) is 3.15. The van der Waals surface area contributed by atoms with Crippen LogP contribution in [0.1, 0.15) is 10.4 Å². The summed E-state index contributed by atoms with van der Waals surface area (Å²) in [5.41, 5.74) is 0.00172. The van der Waals surface area contributed by atoms with Gasteiger partial charge in [-0.2, -0.15) is 0 Å². The Morgan fingerprint density at radius 2 is 1.75 bits per heavy atom. The maximum Gasteiger partial charge on any atom is 0.259 e. The van der Waals surface area contributed by atoms with E-state index in [4.69, 9.17) is 4.74 Å². The van der Waals surface area contributed by atoms with E-state index in [9.17, 15) is 18.4 Å². The summed E-state index contributed by atoms with van der Waals surface area (Å²) in [6, 6.07) is 8.83. The highest BCUT2D eigenvalue weighted by Crippen LogP contribution is 2.17. The van der Waals surface area contributed by atoms with Crippen LogP contribution in [0.25, 0.3) is 0 Å². The van der Waals surface area contributed by atoms with Gasteiger partial charge in [0.15, 0.2) is 6.61 Å². The molecule has 0 saturated heterocycles. The number of rotatable bonds is 5. The van der Waals surface area contributed by atoms with Gasteiger partial charge in [-0.25, -0.2) is 8.78 Å². The number of carbonyl (C=O) groups excluding carboxylic acids is 2. The summed E-state index contributed by atoms with van der Waals surface area (Å²) in [5.74, 6) is -2.01. The molecule has 0 aliphatic heterocycles. The van der Waals surface area contributed by atoms with E-state index in [1.54, 1.807) is 26.2 Å². The van der Waals surface area contributed by atoms with Gasteiger partial charge in [-0.3, -0.25) is 9.59 Å². The number of likely N-dealkylation sites (N-methyl/N-ethyl adjacent to an activating group) is 1. The average Bonchev–Trinajstić information content (AvgIpc) is 2.55. The average molecular weight is 334 g/mol. The summed E-state index contributed by atoms with van der Waals surface area (Å²) in [6.07, 6.45) is 0. The quantitative estimate of drug-likeness (QED) is 0.915. The molecule has 0 aromatic heterocycles. The van der Waals surface area contributed by atoms with E-state index >= 15 is 0 Å². The first-order valence-electron chi connectivity index (χ1n) is 7.06. The fourth-order valence-electron chi connectivity index (χ4n) is 1.78. The number of benzene rings is 2. The molecule has 2 aromatic rings. The van der Waals surface area contributed by atoms with Crippen molar-refractivity contribution in [3.63, 3.8) is 0 Å². The van der Waals surface area contributed by atoms with Gasteiger partial charge < -0.3 is 15.0 Å². The maximum absolute atomic E-state index is 13.5. The van der Waals surface area contributed by atoms with Crippen molar-refractivity contribution in [2.75, 3.05) is 26.0 Å².